The second-order valence-corrected chi connectivity index (χ2v) is 5.01. The van der Waals surface area contributed by atoms with Gasteiger partial charge in [0, 0.05) is 16.7 Å². The van der Waals surface area contributed by atoms with E-state index in [1.54, 1.807) is 6.07 Å². The van der Waals surface area contributed by atoms with E-state index in [1.165, 1.54) is 12.1 Å². The zero-order valence-electron chi connectivity index (χ0n) is 10.7. The molecule has 0 heterocycles. The minimum Gasteiger partial charge on any atom is -0.320 e. The van der Waals surface area contributed by atoms with Crippen molar-refractivity contribution in [2.45, 2.75) is 19.9 Å². The van der Waals surface area contributed by atoms with E-state index < -0.39 is 17.7 Å². The van der Waals surface area contributed by atoms with E-state index in [9.17, 15) is 8.78 Å². The van der Waals surface area contributed by atoms with E-state index in [-0.39, 0.29) is 5.56 Å². The number of halogens is 3. The summed E-state index contributed by atoms with van der Waals surface area (Å²) in [6.45, 7) is 3.72. The first-order valence-electron chi connectivity index (χ1n) is 5.87. The summed E-state index contributed by atoms with van der Waals surface area (Å²) in [7, 11) is 0. The molecule has 0 spiro atoms. The maximum atomic E-state index is 13.8. The minimum absolute atomic E-state index is 0.270. The molecular weight excluding hydrogens is 268 g/mol. The van der Waals surface area contributed by atoms with Crippen LogP contribution in [-0.4, -0.2) is 0 Å². The SMILES string of the molecule is Cc1cc(C(N)c2ccc(F)cc2F)c(C)cc1Cl. The molecule has 1 atom stereocenters. The predicted molar refractivity (Wildman–Crippen MR) is 73.3 cm³/mol. The maximum absolute atomic E-state index is 13.8. The van der Waals surface area contributed by atoms with Gasteiger partial charge in [0.15, 0.2) is 0 Å². The van der Waals surface area contributed by atoms with Gasteiger partial charge in [0.2, 0.25) is 0 Å². The third-order valence-electron chi connectivity index (χ3n) is 3.18. The quantitative estimate of drug-likeness (QED) is 0.873. The average Bonchev–Trinajstić information content (AvgIpc) is 2.33. The van der Waals surface area contributed by atoms with Crippen molar-refractivity contribution >= 4 is 11.6 Å². The van der Waals surface area contributed by atoms with Gasteiger partial charge < -0.3 is 5.73 Å². The lowest BCUT2D eigenvalue weighted by atomic mass is 9.94. The van der Waals surface area contributed by atoms with Crippen molar-refractivity contribution in [2.24, 2.45) is 5.73 Å². The van der Waals surface area contributed by atoms with Crippen molar-refractivity contribution in [1.82, 2.24) is 0 Å². The first kappa shape index (κ1) is 14.0. The molecule has 0 aromatic heterocycles. The first-order valence-corrected chi connectivity index (χ1v) is 6.25. The summed E-state index contributed by atoms with van der Waals surface area (Å²) in [4.78, 5) is 0. The predicted octanol–water partition coefficient (Wildman–Crippen LogP) is 4.28. The van der Waals surface area contributed by atoms with Crippen molar-refractivity contribution in [3.8, 4) is 0 Å². The molecule has 4 heteroatoms. The van der Waals surface area contributed by atoms with Gasteiger partial charge in [-0.15, -0.1) is 0 Å². The van der Waals surface area contributed by atoms with Gasteiger partial charge in [0.1, 0.15) is 11.6 Å². The lowest BCUT2D eigenvalue weighted by Crippen LogP contribution is -2.15. The Kier molecular flexibility index (Phi) is 3.88. The van der Waals surface area contributed by atoms with Crippen LogP contribution in [0.25, 0.3) is 0 Å². The van der Waals surface area contributed by atoms with Crippen LogP contribution >= 0.6 is 11.6 Å². The van der Waals surface area contributed by atoms with Crippen LogP contribution in [-0.2, 0) is 0 Å². The third kappa shape index (κ3) is 2.77. The Balaban J connectivity index is 2.49. The number of hydrogen-bond acceptors (Lipinski definition) is 1. The summed E-state index contributed by atoms with van der Waals surface area (Å²) in [5.74, 6) is -1.25. The lowest BCUT2D eigenvalue weighted by Gasteiger charge is -2.17. The van der Waals surface area contributed by atoms with Gasteiger partial charge in [-0.1, -0.05) is 23.7 Å². The van der Waals surface area contributed by atoms with Crippen LogP contribution in [0.1, 0.15) is 28.3 Å². The highest BCUT2D eigenvalue weighted by molar-refractivity contribution is 6.31. The Morgan fingerprint density at radius 3 is 2.32 bits per heavy atom. The number of benzene rings is 2. The Bertz CT molecular complexity index is 626. The van der Waals surface area contributed by atoms with Crippen molar-refractivity contribution in [3.63, 3.8) is 0 Å². The highest BCUT2D eigenvalue weighted by Gasteiger charge is 2.17. The van der Waals surface area contributed by atoms with Crippen molar-refractivity contribution in [3.05, 3.63) is 69.2 Å². The fourth-order valence-corrected chi connectivity index (χ4v) is 2.28. The van der Waals surface area contributed by atoms with Gasteiger partial charge in [-0.05, 0) is 42.7 Å². The Hall–Kier alpha value is -1.45. The minimum atomic E-state index is -0.642. The molecule has 0 aliphatic rings. The summed E-state index contributed by atoms with van der Waals surface area (Å²) in [5, 5.41) is 0.646. The van der Waals surface area contributed by atoms with Crippen LogP contribution in [0.15, 0.2) is 30.3 Å². The van der Waals surface area contributed by atoms with E-state index in [1.807, 2.05) is 19.9 Å². The molecule has 19 heavy (non-hydrogen) atoms. The average molecular weight is 282 g/mol. The molecular formula is C15H14ClF2N. The molecule has 100 valence electrons. The maximum Gasteiger partial charge on any atom is 0.131 e. The highest BCUT2D eigenvalue weighted by Crippen LogP contribution is 2.29. The lowest BCUT2D eigenvalue weighted by molar-refractivity contribution is 0.565. The summed E-state index contributed by atoms with van der Waals surface area (Å²) in [5.41, 5.74) is 8.89. The highest BCUT2D eigenvalue weighted by atomic mass is 35.5. The van der Waals surface area contributed by atoms with Gasteiger partial charge in [-0.3, -0.25) is 0 Å². The molecule has 2 N–H and O–H groups in total. The van der Waals surface area contributed by atoms with E-state index in [4.69, 9.17) is 17.3 Å². The molecule has 0 aliphatic heterocycles. The zero-order chi connectivity index (χ0) is 14.2. The van der Waals surface area contributed by atoms with Crippen LogP contribution in [0.2, 0.25) is 5.02 Å². The number of rotatable bonds is 2. The van der Waals surface area contributed by atoms with Gasteiger partial charge in [-0.2, -0.15) is 0 Å². The largest absolute Gasteiger partial charge is 0.320 e. The molecule has 2 rings (SSSR count). The standard InChI is InChI=1S/C15H14ClF2N/c1-8-6-13(16)9(2)5-12(8)15(19)11-4-3-10(17)7-14(11)18/h3-7,15H,19H2,1-2H3. The van der Waals surface area contributed by atoms with Crippen molar-refractivity contribution in [1.29, 1.82) is 0 Å². The van der Waals surface area contributed by atoms with Gasteiger partial charge in [0.05, 0.1) is 6.04 Å². The van der Waals surface area contributed by atoms with E-state index in [0.717, 1.165) is 22.8 Å². The smallest absolute Gasteiger partial charge is 0.131 e. The van der Waals surface area contributed by atoms with Gasteiger partial charge >= 0.3 is 0 Å². The molecule has 0 fully saturated rings. The number of nitrogens with two attached hydrogens (primary N) is 1. The van der Waals surface area contributed by atoms with E-state index in [2.05, 4.69) is 0 Å². The molecule has 1 nitrogen and oxygen atoms in total. The summed E-state index contributed by atoms with van der Waals surface area (Å²) >= 11 is 6.02. The topological polar surface area (TPSA) is 26.0 Å². The second kappa shape index (κ2) is 5.27. The Labute approximate surface area is 116 Å². The molecule has 2 aromatic carbocycles. The molecule has 2 aromatic rings. The first-order chi connectivity index (χ1) is 8.90. The van der Waals surface area contributed by atoms with Crippen molar-refractivity contribution in [2.75, 3.05) is 0 Å². The van der Waals surface area contributed by atoms with Crippen LogP contribution in [0.3, 0.4) is 0 Å². The van der Waals surface area contributed by atoms with Crippen LogP contribution < -0.4 is 5.73 Å². The van der Waals surface area contributed by atoms with Gasteiger partial charge in [0.25, 0.3) is 0 Å². The molecule has 0 saturated carbocycles. The molecule has 0 amide bonds. The molecule has 0 aliphatic carbocycles. The Morgan fingerprint density at radius 2 is 1.68 bits per heavy atom. The van der Waals surface area contributed by atoms with E-state index in [0.29, 0.717) is 5.02 Å². The molecule has 0 saturated heterocycles. The second-order valence-electron chi connectivity index (χ2n) is 4.60. The van der Waals surface area contributed by atoms with Crippen LogP contribution in [0, 0.1) is 25.5 Å². The summed E-state index contributed by atoms with van der Waals surface area (Å²) in [6.07, 6.45) is 0. The molecule has 0 bridgehead atoms. The van der Waals surface area contributed by atoms with Crippen LogP contribution in [0.5, 0.6) is 0 Å². The fraction of sp³-hybridized carbons (Fsp3) is 0.200. The summed E-state index contributed by atoms with van der Waals surface area (Å²) in [6, 6.07) is 6.41. The van der Waals surface area contributed by atoms with Crippen molar-refractivity contribution < 1.29 is 8.78 Å². The Morgan fingerprint density at radius 1 is 1.00 bits per heavy atom. The number of aryl methyl sites for hydroxylation is 2. The zero-order valence-corrected chi connectivity index (χ0v) is 11.4. The molecule has 1 unspecified atom stereocenters. The number of hydrogen-bond donors (Lipinski definition) is 1. The molecule has 0 radical (unpaired) electrons. The normalized spacial score (nSPS) is 12.5. The monoisotopic (exact) mass is 281 g/mol. The van der Waals surface area contributed by atoms with E-state index >= 15 is 0 Å². The van der Waals surface area contributed by atoms with Crippen LogP contribution in [0.4, 0.5) is 8.78 Å². The van der Waals surface area contributed by atoms with Gasteiger partial charge in [-0.25, -0.2) is 8.78 Å². The third-order valence-corrected chi connectivity index (χ3v) is 3.59. The summed E-state index contributed by atoms with van der Waals surface area (Å²) < 4.78 is 26.7. The fourth-order valence-electron chi connectivity index (χ4n) is 2.06.